The molecule has 0 heteroatoms. The summed E-state index contributed by atoms with van der Waals surface area (Å²) in [5, 5.41) is 23.6. The fraction of sp³-hybridized carbons (Fsp3) is 0. The highest BCUT2D eigenvalue weighted by atomic mass is 14.2. The number of fused-ring (bicyclic) bond motifs is 17. The molecule has 0 saturated heterocycles. The topological polar surface area (TPSA) is 0 Å². The van der Waals surface area contributed by atoms with Crippen LogP contribution in [0.25, 0.3) is 97.0 Å². The highest BCUT2D eigenvalue weighted by molar-refractivity contribution is 6.37. The van der Waals surface area contributed by atoms with Gasteiger partial charge in [-0.25, -0.2) is 0 Å². The minimum atomic E-state index is 1.28. The second-order valence-electron chi connectivity index (χ2n) is 11.7. The first kappa shape index (κ1) is 22.3. The number of hydrogen-bond acceptors (Lipinski definition) is 0. The van der Waals surface area contributed by atoms with E-state index in [1.165, 1.54) is 97.0 Å². The summed E-state index contributed by atoms with van der Waals surface area (Å²) in [4.78, 5) is 0. The zero-order valence-electron chi connectivity index (χ0n) is 22.9. The van der Waals surface area contributed by atoms with Gasteiger partial charge in [-0.3, -0.25) is 0 Å². The van der Waals surface area contributed by atoms with Crippen LogP contribution in [0.2, 0.25) is 0 Å². The molecular formula is C42H24. The van der Waals surface area contributed by atoms with E-state index in [-0.39, 0.29) is 0 Å². The van der Waals surface area contributed by atoms with Crippen LogP contribution in [0.1, 0.15) is 0 Å². The van der Waals surface area contributed by atoms with E-state index in [1.54, 1.807) is 0 Å². The minimum absolute atomic E-state index is 1.28. The van der Waals surface area contributed by atoms with Gasteiger partial charge in [-0.15, -0.1) is 0 Å². The van der Waals surface area contributed by atoms with E-state index in [2.05, 4.69) is 146 Å². The quantitative estimate of drug-likeness (QED) is 0.172. The van der Waals surface area contributed by atoms with Crippen molar-refractivity contribution in [2.75, 3.05) is 0 Å². The molecular weight excluding hydrogens is 504 g/mol. The summed E-state index contributed by atoms with van der Waals surface area (Å²) in [5.41, 5.74) is 0. The number of rotatable bonds is 0. The van der Waals surface area contributed by atoms with Gasteiger partial charge in [-0.05, 0) is 97.0 Å². The third-order valence-corrected chi connectivity index (χ3v) is 9.53. The molecule has 0 aliphatic carbocycles. The smallest absolute Gasteiger partial charge is 0.00143 e. The lowest BCUT2D eigenvalue weighted by atomic mass is 9.87. The van der Waals surface area contributed by atoms with Crippen molar-refractivity contribution in [2.24, 2.45) is 0 Å². The van der Waals surface area contributed by atoms with Gasteiger partial charge in [-0.1, -0.05) is 146 Å². The van der Waals surface area contributed by atoms with E-state index in [0.717, 1.165) is 0 Å². The van der Waals surface area contributed by atoms with Gasteiger partial charge >= 0.3 is 0 Å². The molecule has 0 saturated carbocycles. The van der Waals surface area contributed by atoms with E-state index in [0.29, 0.717) is 0 Å². The molecule has 0 bridgehead atoms. The number of hydrogen-bond donors (Lipinski definition) is 0. The van der Waals surface area contributed by atoms with Gasteiger partial charge in [0.05, 0.1) is 0 Å². The minimum Gasteiger partial charge on any atom is -0.0616 e. The largest absolute Gasteiger partial charge is 0.0616 e. The first-order valence-electron chi connectivity index (χ1n) is 14.7. The molecule has 42 heavy (non-hydrogen) atoms. The Morgan fingerprint density at radius 3 is 0.810 bits per heavy atom. The van der Waals surface area contributed by atoms with Crippen LogP contribution in [0.3, 0.4) is 0 Å². The average Bonchev–Trinajstić information content (AvgIpc) is 3.06. The highest BCUT2D eigenvalue weighted by Gasteiger charge is 2.15. The molecule has 0 aliphatic heterocycles. The Balaban J connectivity index is 1.50. The van der Waals surface area contributed by atoms with Crippen molar-refractivity contribution in [3.8, 4) is 0 Å². The van der Waals surface area contributed by atoms with Crippen molar-refractivity contribution in [3.63, 3.8) is 0 Å². The van der Waals surface area contributed by atoms with Crippen LogP contribution in [-0.2, 0) is 0 Å². The summed E-state index contributed by atoms with van der Waals surface area (Å²) in [6.07, 6.45) is 0. The van der Waals surface area contributed by atoms with Crippen molar-refractivity contribution in [2.45, 2.75) is 0 Å². The summed E-state index contributed by atoms with van der Waals surface area (Å²) in [6.45, 7) is 0. The monoisotopic (exact) mass is 528 g/mol. The Bertz CT molecular complexity index is 2570. The average molecular weight is 529 g/mol. The Hall–Kier alpha value is -5.46. The molecule has 0 fully saturated rings. The SMILES string of the molecule is c1ccc2c(c1)ccc1ccc3ccc4ccc5c(ccc6ccc7ccc8ccc9ccccc9c8c7c65)c4c3c12. The lowest BCUT2D eigenvalue weighted by Gasteiger charge is -2.16. The molecule has 10 aromatic carbocycles. The van der Waals surface area contributed by atoms with Crippen molar-refractivity contribution in [1.29, 1.82) is 0 Å². The zero-order valence-corrected chi connectivity index (χ0v) is 22.9. The maximum absolute atomic E-state index is 2.36. The summed E-state index contributed by atoms with van der Waals surface area (Å²) in [6, 6.07) is 54.4. The molecule has 0 aromatic heterocycles. The van der Waals surface area contributed by atoms with Gasteiger partial charge in [-0.2, -0.15) is 0 Å². The molecule has 0 unspecified atom stereocenters. The molecule has 192 valence electrons. The Labute approximate surface area is 242 Å². The van der Waals surface area contributed by atoms with Crippen LogP contribution in [0.4, 0.5) is 0 Å². The molecule has 10 aromatic rings. The molecule has 0 radical (unpaired) electrons. The van der Waals surface area contributed by atoms with Gasteiger partial charge < -0.3 is 0 Å². The third-order valence-electron chi connectivity index (χ3n) is 9.53. The van der Waals surface area contributed by atoms with Crippen molar-refractivity contribution < 1.29 is 0 Å². The van der Waals surface area contributed by atoms with Crippen molar-refractivity contribution in [1.82, 2.24) is 0 Å². The van der Waals surface area contributed by atoms with E-state index >= 15 is 0 Å². The van der Waals surface area contributed by atoms with Crippen LogP contribution >= 0.6 is 0 Å². The normalized spacial score (nSPS) is 12.3. The Morgan fingerprint density at radius 2 is 0.429 bits per heavy atom. The summed E-state index contributed by atoms with van der Waals surface area (Å²) >= 11 is 0. The standard InChI is InChI=1S/C42H24/c1-3-7-33-25(5-1)9-11-27-13-17-31-19-15-29-21-24-36-35(39(29)41(31)37(27)33)23-22-30-16-20-32-18-14-28-12-10-26-6-2-4-8-34(26)38(28)42(32)40(30)36/h1-24H. The molecule has 0 nitrogen and oxygen atoms in total. The van der Waals surface area contributed by atoms with E-state index in [9.17, 15) is 0 Å². The lowest BCUT2D eigenvalue weighted by molar-refractivity contribution is 1.79. The molecule has 0 aliphatic rings. The first-order chi connectivity index (χ1) is 20.8. The van der Waals surface area contributed by atoms with E-state index in [1.807, 2.05) is 0 Å². The molecule has 10 rings (SSSR count). The van der Waals surface area contributed by atoms with Gasteiger partial charge in [0.2, 0.25) is 0 Å². The van der Waals surface area contributed by atoms with Crippen LogP contribution < -0.4 is 0 Å². The van der Waals surface area contributed by atoms with Crippen LogP contribution in [-0.4, -0.2) is 0 Å². The fourth-order valence-electron chi connectivity index (χ4n) is 7.68. The van der Waals surface area contributed by atoms with Crippen LogP contribution in [0.5, 0.6) is 0 Å². The molecule has 0 spiro atoms. The lowest BCUT2D eigenvalue weighted by Crippen LogP contribution is -1.88. The summed E-state index contributed by atoms with van der Waals surface area (Å²) in [5.74, 6) is 0. The highest BCUT2D eigenvalue weighted by Crippen LogP contribution is 2.44. The van der Waals surface area contributed by atoms with E-state index < -0.39 is 0 Å². The van der Waals surface area contributed by atoms with Crippen LogP contribution in [0.15, 0.2) is 146 Å². The van der Waals surface area contributed by atoms with Gasteiger partial charge in [0.15, 0.2) is 0 Å². The zero-order chi connectivity index (χ0) is 27.4. The second-order valence-corrected chi connectivity index (χ2v) is 11.7. The fourth-order valence-corrected chi connectivity index (χ4v) is 7.68. The Kier molecular flexibility index (Phi) is 4.27. The van der Waals surface area contributed by atoms with Gasteiger partial charge in [0.1, 0.15) is 0 Å². The first-order valence-corrected chi connectivity index (χ1v) is 14.7. The second kappa shape index (κ2) is 8.06. The molecule has 0 heterocycles. The maximum Gasteiger partial charge on any atom is -0.00143 e. The predicted molar refractivity (Wildman–Crippen MR) is 184 cm³/mol. The molecule has 0 atom stereocenters. The van der Waals surface area contributed by atoms with Crippen LogP contribution in [0, 0.1) is 0 Å². The Morgan fingerprint density at radius 1 is 0.167 bits per heavy atom. The number of benzene rings is 10. The third kappa shape index (κ3) is 2.86. The van der Waals surface area contributed by atoms with Gasteiger partial charge in [0.25, 0.3) is 0 Å². The van der Waals surface area contributed by atoms with E-state index in [4.69, 9.17) is 0 Å². The van der Waals surface area contributed by atoms with Crippen molar-refractivity contribution >= 4 is 97.0 Å². The molecule has 0 amide bonds. The predicted octanol–water partition coefficient (Wildman–Crippen LogP) is 12.1. The summed E-state index contributed by atoms with van der Waals surface area (Å²) < 4.78 is 0. The van der Waals surface area contributed by atoms with Gasteiger partial charge in [0, 0.05) is 0 Å². The molecule has 0 N–H and O–H groups in total. The maximum atomic E-state index is 2.36. The van der Waals surface area contributed by atoms with Crippen molar-refractivity contribution in [3.05, 3.63) is 146 Å². The summed E-state index contributed by atoms with van der Waals surface area (Å²) in [7, 11) is 0.